The topological polar surface area (TPSA) is 104 Å². The largest absolute Gasteiger partial charge is 0.573 e. The van der Waals surface area contributed by atoms with Gasteiger partial charge >= 0.3 is 12.4 Å². The molecule has 4 rings (SSSR count). The van der Waals surface area contributed by atoms with Crippen LogP contribution in [-0.2, 0) is 11.2 Å². The van der Waals surface area contributed by atoms with Crippen molar-refractivity contribution in [2.24, 2.45) is 10.4 Å². The van der Waals surface area contributed by atoms with Gasteiger partial charge in [0.2, 0.25) is 5.91 Å². The summed E-state index contributed by atoms with van der Waals surface area (Å²) in [7, 11) is 1.46. The first-order valence-electron chi connectivity index (χ1n) is 11.4. The van der Waals surface area contributed by atoms with Crippen molar-refractivity contribution < 1.29 is 32.2 Å². The van der Waals surface area contributed by atoms with Gasteiger partial charge in [-0.25, -0.2) is 9.79 Å². The minimum Gasteiger partial charge on any atom is -0.426 e. The van der Waals surface area contributed by atoms with Crippen LogP contribution in [0.2, 0.25) is 0 Å². The number of carbonyl (C=O) groups excluding carboxylic acids is 2. The van der Waals surface area contributed by atoms with Gasteiger partial charge in [-0.2, -0.15) is 0 Å². The van der Waals surface area contributed by atoms with Crippen LogP contribution in [0.1, 0.15) is 12.5 Å². The lowest BCUT2D eigenvalue weighted by atomic mass is 9.72. The van der Waals surface area contributed by atoms with Gasteiger partial charge in [0.25, 0.3) is 6.02 Å². The van der Waals surface area contributed by atoms with Gasteiger partial charge in [0, 0.05) is 24.2 Å². The van der Waals surface area contributed by atoms with Crippen molar-refractivity contribution in [3.05, 3.63) is 72.4 Å². The Morgan fingerprint density at radius 1 is 1.16 bits per heavy atom. The van der Waals surface area contributed by atoms with Gasteiger partial charge in [0.05, 0.1) is 6.04 Å². The summed E-state index contributed by atoms with van der Waals surface area (Å²) >= 11 is 0. The number of urea groups is 1. The Morgan fingerprint density at radius 3 is 2.54 bits per heavy atom. The summed E-state index contributed by atoms with van der Waals surface area (Å²) in [6, 6.07) is 13.4. The van der Waals surface area contributed by atoms with E-state index in [4.69, 9.17) is 4.74 Å². The van der Waals surface area contributed by atoms with E-state index < -0.39 is 41.7 Å². The van der Waals surface area contributed by atoms with E-state index in [1.807, 2.05) is 37.3 Å². The number of ether oxygens (including phenoxy) is 2. The Balaban J connectivity index is 1.68. The molecule has 0 aromatic heterocycles. The minimum absolute atomic E-state index is 0.0343. The highest BCUT2D eigenvalue weighted by Crippen LogP contribution is 2.40. The first-order chi connectivity index (χ1) is 17.5. The summed E-state index contributed by atoms with van der Waals surface area (Å²) < 4.78 is 47.7. The summed E-state index contributed by atoms with van der Waals surface area (Å²) in [5.41, 5.74) is 0.548. The number of alkyl halides is 3. The molecule has 37 heavy (non-hydrogen) atoms. The number of likely N-dealkylation sites (N-methyl/N-ethyl adjacent to an activating group) is 1. The standard InChI is InChI=1S/C25H26F3N5O4/c1-15-20-24(2,13-16-8-5-4-6-9-16)21(32-23(35)33(15)14-19(34)29-3)31-22(30-20)36-17-10-7-11-18(12-17)37-25(26,27)28/h4-12,20-21H,1,13-14H2,2-3H3,(H,29,34)(H,30,31)(H,32,35). The Kier molecular flexibility index (Phi) is 7.01. The van der Waals surface area contributed by atoms with Gasteiger partial charge in [-0.05, 0) is 24.1 Å². The fourth-order valence-electron chi connectivity index (χ4n) is 4.42. The van der Waals surface area contributed by atoms with Crippen LogP contribution < -0.4 is 25.4 Å². The molecule has 9 nitrogen and oxygen atoms in total. The van der Waals surface area contributed by atoms with Gasteiger partial charge in [0.1, 0.15) is 24.2 Å². The lowest BCUT2D eigenvalue weighted by molar-refractivity contribution is -0.274. The first-order valence-corrected chi connectivity index (χ1v) is 11.4. The molecular weight excluding hydrogens is 491 g/mol. The predicted molar refractivity (Wildman–Crippen MR) is 129 cm³/mol. The van der Waals surface area contributed by atoms with Crippen molar-refractivity contribution in [1.82, 2.24) is 20.9 Å². The molecule has 3 unspecified atom stereocenters. The molecule has 196 valence electrons. The number of hydrogen-bond donors (Lipinski definition) is 3. The van der Waals surface area contributed by atoms with Crippen LogP contribution in [-0.4, -0.2) is 55.0 Å². The Morgan fingerprint density at radius 2 is 1.86 bits per heavy atom. The minimum atomic E-state index is -4.86. The maximum atomic E-state index is 13.1. The van der Waals surface area contributed by atoms with Crippen LogP contribution in [0.25, 0.3) is 0 Å². The Bertz CT molecular complexity index is 1220. The number of nitrogens with one attached hydrogen (secondary N) is 3. The molecule has 2 aliphatic heterocycles. The SMILES string of the molecule is C=C1C2NC(Oc3cccc(OC(F)(F)F)c3)=NC(NC(=O)N1CC(=O)NC)C2(C)Cc1ccccc1. The average Bonchev–Trinajstić information content (AvgIpc) is 2.86. The first kappa shape index (κ1) is 25.9. The van der Waals surface area contributed by atoms with Gasteiger partial charge < -0.3 is 25.4 Å². The van der Waals surface area contributed by atoms with E-state index in [0.717, 1.165) is 17.7 Å². The van der Waals surface area contributed by atoms with Crippen LogP contribution >= 0.6 is 0 Å². The third-order valence-electron chi connectivity index (χ3n) is 6.25. The highest BCUT2D eigenvalue weighted by Gasteiger charge is 2.52. The third kappa shape index (κ3) is 5.79. The quantitative estimate of drug-likeness (QED) is 0.546. The van der Waals surface area contributed by atoms with E-state index >= 15 is 0 Å². The predicted octanol–water partition coefficient (Wildman–Crippen LogP) is 3.15. The van der Waals surface area contributed by atoms with E-state index in [1.165, 1.54) is 24.1 Å². The van der Waals surface area contributed by atoms with E-state index in [2.05, 4.69) is 32.3 Å². The molecule has 0 aliphatic carbocycles. The van der Waals surface area contributed by atoms with Crippen LogP contribution in [0.5, 0.6) is 11.5 Å². The number of benzene rings is 2. The molecule has 2 heterocycles. The molecule has 12 heteroatoms. The number of rotatable bonds is 6. The number of carbonyl (C=O) groups is 2. The monoisotopic (exact) mass is 517 g/mol. The number of amidine groups is 1. The van der Waals surface area contributed by atoms with Crippen molar-refractivity contribution in [2.45, 2.75) is 31.9 Å². The lowest BCUT2D eigenvalue weighted by Crippen LogP contribution is -2.61. The average molecular weight is 518 g/mol. The number of aliphatic imine (C=N–C) groups is 1. The normalized spacial score (nSPS) is 23.3. The highest BCUT2D eigenvalue weighted by atomic mass is 19.4. The van der Waals surface area contributed by atoms with Crippen LogP contribution in [0.15, 0.2) is 71.9 Å². The molecule has 0 radical (unpaired) electrons. The van der Waals surface area contributed by atoms with Gasteiger partial charge in [-0.3, -0.25) is 9.69 Å². The molecule has 0 spiro atoms. The smallest absolute Gasteiger partial charge is 0.426 e. The second-order valence-corrected chi connectivity index (χ2v) is 8.91. The second kappa shape index (κ2) is 10.0. The molecule has 2 bridgehead atoms. The van der Waals surface area contributed by atoms with Crippen molar-refractivity contribution in [2.75, 3.05) is 13.6 Å². The van der Waals surface area contributed by atoms with Gasteiger partial charge in [0.15, 0.2) is 0 Å². The van der Waals surface area contributed by atoms with E-state index in [-0.39, 0.29) is 18.3 Å². The molecule has 1 fully saturated rings. The molecule has 2 aliphatic rings. The fourth-order valence-corrected chi connectivity index (χ4v) is 4.42. The lowest BCUT2D eigenvalue weighted by Gasteiger charge is -2.44. The Hall–Kier alpha value is -4.22. The van der Waals surface area contributed by atoms with E-state index in [0.29, 0.717) is 12.1 Å². The molecule has 1 saturated heterocycles. The number of hydrogen-bond acceptors (Lipinski definition) is 6. The van der Waals surface area contributed by atoms with Crippen molar-refractivity contribution in [1.29, 1.82) is 0 Å². The van der Waals surface area contributed by atoms with Crippen LogP contribution in [0.4, 0.5) is 18.0 Å². The molecule has 3 amide bonds. The summed E-state index contributed by atoms with van der Waals surface area (Å²) in [6.45, 7) is 5.78. The molecule has 3 atom stereocenters. The zero-order valence-electron chi connectivity index (χ0n) is 20.1. The van der Waals surface area contributed by atoms with E-state index in [9.17, 15) is 22.8 Å². The van der Waals surface area contributed by atoms with Crippen molar-refractivity contribution >= 4 is 18.0 Å². The summed E-state index contributed by atoms with van der Waals surface area (Å²) in [5, 5.41) is 8.49. The highest BCUT2D eigenvalue weighted by molar-refractivity contribution is 5.87. The summed E-state index contributed by atoms with van der Waals surface area (Å²) in [4.78, 5) is 31.0. The summed E-state index contributed by atoms with van der Waals surface area (Å²) in [5.74, 6) is -0.811. The number of amides is 3. The van der Waals surface area contributed by atoms with Crippen LogP contribution in [0, 0.1) is 5.41 Å². The van der Waals surface area contributed by atoms with Crippen molar-refractivity contribution in [3.63, 3.8) is 0 Å². The van der Waals surface area contributed by atoms with Crippen LogP contribution in [0.3, 0.4) is 0 Å². The van der Waals surface area contributed by atoms with E-state index in [1.54, 1.807) is 0 Å². The van der Waals surface area contributed by atoms with Crippen molar-refractivity contribution in [3.8, 4) is 11.5 Å². The molecule has 2 aromatic rings. The molecule has 2 aromatic carbocycles. The second-order valence-electron chi connectivity index (χ2n) is 8.91. The molecule has 0 saturated carbocycles. The number of halogens is 3. The molecule has 3 N–H and O–H groups in total. The summed E-state index contributed by atoms with van der Waals surface area (Å²) in [6.07, 6.45) is -5.19. The maximum Gasteiger partial charge on any atom is 0.573 e. The zero-order chi connectivity index (χ0) is 26.8. The zero-order valence-corrected chi connectivity index (χ0v) is 20.1. The number of nitrogens with zero attached hydrogens (tertiary/aromatic N) is 2. The van der Waals surface area contributed by atoms with Gasteiger partial charge in [-0.15, -0.1) is 13.2 Å². The number of fused-ring (bicyclic) bond motifs is 2. The molecular formula is C25H26F3N5O4. The fraction of sp³-hybridized carbons (Fsp3) is 0.320. The Labute approximate surface area is 211 Å². The third-order valence-corrected chi connectivity index (χ3v) is 6.25. The maximum absolute atomic E-state index is 13.1. The van der Waals surface area contributed by atoms with Gasteiger partial charge in [-0.1, -0.05) is 49.9 Å².